The third kappa shape index (κ3) is 4.82. The van der Waals surface area contributed by atoms with E-state index in [-0.39, 0.29) is 18.2 Å². The molecule has 0 unspecified atom stereocenters. The molecule has 1 amide bonds. The molecule has 6 nitrogen and oxygen atoms in total. The van der Waals surface area contributed by atoms with Crippen LogP contribution in [-0.4, -0.2) is 36.8 Å². The van der Waals surface area contributed by atoms with Crippen LogP contribution in [0, 0.1) is 11.8 Å². The maximum atomic E-state index is 12.2. The first-order chi connectivity index (χ1) is 15.7. The van der Waals surface area contributed by atoms with Crippen molar-refractivity contribution in [3.8, 4) is 23.0 Å². The van der Waals surface area contributed by atoms with E-state index in [1.807, 2.05) is 24.3 Å². The smallest absolute Gasteiger partial charge is 0.407 e. The zero-order valence-corrected chi connectivity index (χ0v) is 18.4. The van der Waals surface area contributed by atoms with Crippen LogP contribution in [0.5, 0.6) is 0 Å². The molecule has 0 spiro atoms. The first kappa shape index (κ1) is 21.6. The Kier molecular flexibility index (Phi) is 6.83. The fourth-order valence-electron chi connectivity index (χ4n) is 3.64. The van der Waals surface area contributed by atoms with Crippen molar-refractivity contribution in [1.29, 1.82) is 0 Å². The van der Waals surface area contributed by atoms with Gasteiger partial charge in [0.2, 0.25) is 0 Å². The molecule has 0 radical (unpaired) electrons. The first-order valence-corrected chi connectivity index (χ1v) is 11.3. The Morgan fingerprint density at radius 3 is 2.44 bits per heavy atom. The molecule has 0 fully saturated rings. The molecule has 3 aromatic rings. The second kappa shape index (κ2) is 10.1. The van der Waals surface area contributed by atoms with Crippen molar-refractivity contribution < 1.29 is 19.1 Å². The molecular weight excluding hydrogens is 424 g/mol. The Labute approximate surface area is 190 Å². The summed E-state index contributed by atoms with van der Waals surface area (Å²) in [5.74, 6) is 5.42. The lowest BCUT2D eigenvalue weighted by Gasteiger charge is -2.14. The third-order valence-electron chi connectivity index (χ3n) is 5.05. The van der Waals surface area contributed by atoms with Gasteiger partial charge in [0.1, 0.15) is 6.61 Å². The van der Waals surface area contributed by atoms with Crippen molar-refractivity contribution in [2.24, 2.45) is 0 Å². The quantitative estimate of drug-likeness (QED) is 0.340. The molecule has 32 heavy (non-hydrogen) atoms. The van der Waals surface area contributed by atoms with E-state index in [0.29, 0.717) is 24.6 Å². The zero-order valence-electron chi connectivity index (χ0n) is 17.6. The highest BCUT2D eigenvalue weighted by Gasteiger charge is 2.28. The van der Waals surface area contributed by atoms with Crippen molar-refractivity contribution >= 4 is 23.4 Å². The number of esters is 1. The monoisotopic (exact) mass is 446 g/mol. The average Bonchev–Trinajstić information content (AvgIpc) is 3.41. The third-order valence-corrected chi connectivity index (χ3v) is 5.80. The molecule has 7 heteroatoms. The average molecular weight is 447 g/mol. The number of aromatic nitrogens is 1. The molecule has 0 atom stereocenters. The van der Waals surface area contributed by atoms with E-state index in [4.69, 9.17) is 9.47 Å². The van der Waals surface area contributed by atoms with Gasteiger partial charge in [-0.05, 0) is 35.1 Å². The lowest BCUT2D eigenvalue weighted by Crippen LogP contribution is -2.26. The molecule has 162 valence electrons. The molecule has 2 aromatic carbocycles. The summed E-state index contributed by atoms with van der Waals surface area (Å²) in [6.45, 7) is 2.69. The van der Waals surface area contributed by atoms with Crippen molar-refractivity contribution in [2.45, 2.75) is 19.3 Å². The van der Waals surface area contributed by atoms with E-state index in [1.165, 1.54) is 33.6 Å². The number of fused-ring (bicyclic) bond motifs is 3. The van der Waals surface area contributed by atoms with Gasteiger partial charge in [0, 0.05) is 24.3 Å². The Morgan fingerprint density at radius 2 is 1.75 bits per heavy atom. The van der Waals surface area contributed by atoms with Gasteiger partial charge >= 0.3 is 12.1 Å². The van der Waals surface area contributed by atoms with Crippen molar-refractivity contribution in [3.63, 3.8) is 0 Å². The molecule has 4 rings (SSSR count). The van der Waals surface area contributed by atoms with Crippen LogP contribution >= 0.6 is 11.3 Å². The van der Waals surface area contributed by atoms with Crippen molar-refractivity contribution in [2.75, 3.05) is 19.8 Å². The number of nitrogens with zero attached hydrogens (tertiary/aromatic N) is 1. The normalized spacial score (nSPS) is 11.7. The molecular formula is C25H22N2O4S. The Balaban J connectivity index is 1.25. The summed E-state index contributed by atoms with van der Waals surface area (Å²) in [7, 11) is 0. The van der Waals surface area contributed by atoms with Crippen molar-refractivity contribution in [3.05, 3.63) is 75.7 Å². The van der Waals surface area contributed by atoms with Gasteiger partial charge in [-0.15, -0.1) is 11.3 Å². The number of nitrogens with one attached hydrogen (secondary N) is 1. The fraction of sp³-hybridized carbons (Fsp3) is 0.240. The van der Waals surface area contributed by atoms with Crippen LogP contribution in [0.4, 0.5) is 4.79 Å². The molecule has 0 bridgehead atoms. The summed E-state index contributed by atoms with van der Waals surface area (Å²) in [6, 6.07) is 16.4. The highest BCUT2D eigenvalue weighted by molar-refractivity contribution is 7.10. The number of rotatable bonds is 6. The van der Waals surface area contributed by atoms with Gasteiger partial charge in [-0.3, -0.25) is 0 Å². The van der Waals surface area contributed by atoms with Crippen LogP contribution in [0.15, 0.2) is 53.9 Å². The molecule has 1 aliphatic carbocycles. The summed E-state index contributed by atoms with van der Waals surface area (Å²) >= 11 is 1.28. The van der Waals surface area contributed by atoms with Crippen molar-refractivity contribution in [1.82, 2.24) is 10.3 Å². The minimum Gasteiger partial charge on any atom is -0.461 e. The van der Waals surface area contributed by atoms with Crippen LogP contribution < -0.4 is 5.32 Å². The van der Waals surface area contributed by atoms with Gasteiger partial charge in [0.15, 0.2) is 10.7 Å². The molecule has 0 aliphatic heterocycles. The number of alkyl carbamates (subject to hydrolysis) is 1. The number of ether oxygens (including phenoxy) is 2. The van der Waals surface area contributed by atoms with E-state index in [0.717, 1.165) is 0 Å². The SMILES string of the molecule is CCOC(=O)c1csc(C#CCCNC(=O)OCC2c3ccccc3-c3ccccc32)n1. The largest absolute Gasteiger partial charge is 0.461 e. The first-order valence-electron chi connectivity index (χ1n) is 10.4. The highest BCUT2D eigenvalue weighted by Crippen LogP contribution is 2.44. The number of carbonyl (C=O) groups is 2. The van der Waals surface area contributed by atoms with Gasteiger partial charge in [0.05, 0.1) is 6.61 Å². The maximum absolute atomic E-state index is 12.2. The summed E-state index contributed by atoms with van der Waals surface area (Å²) in [4.78, 5) is 27.9. The van der Waals surface area contributed by atoms with Crippen LogP contribution in [0.1, 0.15) is 45.9 Å². The van der Waals surface area contributed by atoms with Crippen LogP contribution in [0.2, 0.25) is 0 Å². The van der Waals surface area contributed by atoms with E-state index in [9.17, 15) is 9.59 Å². The minimum absolute atomic E-state index is 0.0337. The number of hydrogen-bond acceptors (Lipinski definition) is 6. The summed E-state index contributed by atoms with van der Waals surface area (Å²) < 4.78 is 10.4. The van der Waals surface area contributed by atoms with Crippen LogP contribution in [0.25, 0.3) is 11.1 Å². The Morgan fingerprint density at radius 1 is 1.06 bits per heavy atom. The molecule has 1 heterocycles. The molecule has 1 aromatic heterocycles. The lowest BCUT2D eigenvalue weighted by atomic mass is 9.98. The number of thiazole rings is 1. The van der Waals surface area contributed by atoms with E-state index >= 15 is 0 Å². The molecule has 0 saturated carbocycles. The lowest BCUT2D eigenvalue weighted by molar-refractivity contribution is 0.0520. The second-order valence-electron chi connectivity index (χ2n) is 7.06. The predicted octanol–water partition coefficient (Wildman–Crippen LogP) is 4.60. The van der Waals surface area contributed by atoms with Crippen LogP contribution in [-0.2, 0) is 9.47 Å². The summed E-state index contributed by atoms with van der Waals surface area (Å²) in [6.07, 6.45) is -0.0223. The number of hydrogen-bond donors (Lipinski definition) is 1. The topological polar surface area (TPSA) is 77.5 Å². The van der Waals surface area contributed by atoms with Gasteiger partial charge in [-0.25, -0.2) is 14.6 Å². The Hall–Kier alpha value is -3.63. The predicted molar refractivity (Wildman–Crippen MR) is 123 cm³/mol. The highest BCUT2D eigenvalue weighted by atomic mass is 32.1. The minimum atomic E-state index is -0.465. The van der Waals surface area contributed by atoms with Gasteiger partial charge in [-0.1, -0.05) is 54.5 Å². The van der Waals surface area contributed by atoms with E-state index in [2.05, 4.69) is 46.4 Å². The molecule has 1 N–H and O–H groups in total. The number of amides is 1. The summed E-state index contributed by atoms with van der Waals surface area (Å²) in [5.41, 5.74) is 5.01. The Bertz CT molecular complexity index is 1150. The summed E-state index contributed by atoms with van der Waals surface area (Å²) in [5, 5.41) is 4.88. The maximum Gasteiger partial charge on any atom is 0.407 e. The van der Waals surface area contributed by atoms with Gasteiger partial charge in [0.25, 0.3) is 0 Å². The molecule has 0 saturated heterocycles. The molecule has 1 aliphatic rings. The van der Waals surface area contributed by atoms with E-state index < -0.39 is 12.1 Å². The van der Waals surface area contributed by atoms with Gasteiger partial charge in [-0.2, -0.15) is 0 Å². The standard InChI is InChI=1S/C25H22N2O4S/c1-2-30-24(28)22-16-32-23(27-22)13-7-8-14-26-25(29)31-15-21-19-11-5-3-9-17(19)18-10-4-6-12-20(18)21/h3-6,9-12,16,21H,2,8,14-15H2,1H3,(H,26,29). The van der Waals surface area contributed by atoms with Gasteiger partial charge < -0.3 is 14.8 Å². The zero-order chi connectivity index (χ0) is 22.3. The fourth-order valence-corrected chi connectivity index (χ4v) is 4.30. The number of carbonyl (C=O) groups excluding carboxylic acids is 2. The van der Waals surface area contributed by atoms with E-state index in [1.54, 1.807) is 12.3 Å². The van der Waals surface area contributed by atoms with Crippen LogP contribution in [0.3, 0.4) is 0 Å². The second-order valence-corrected chi connectivity index (χ2v) is 7.92. The number of benzene rings is 2.